The molecule has 0 aliphatic rings. The highest BCUT2D eigenvalue weighted by Gasteiger charge is 2.20. The molecule has 0 aliphatic heterocycles. The maximum absolute atomic E-state index is 12.4. The van der Waals surface area contributed by atoms with E-state index >= 15 is 0 Å². The molecule has 0 radical (unpaired) electrons. The van der Waals surface area contributed by atoms with Crippen LogP contribution in [0.4, 0.5) is 5.69 Å². The van der Waals surface area contributed by atoms with Crippen molar-refractivity contribution in [3.05, 3.63) is 51.7 Å². The lowest BCUT2D eigenvalue weighted by molar-refractivity contribution is -0.120. The first-order chi connectivity index (χ1) is 11.9. The van der Waals surface area contributed by atoms with E-state index in [0.717, 1.165) is 11.1 Å². The fourth-order valence-electron chi connectivity index (χ4n) is 2.34. The van der Waals surface area contributed by atoms with E-state index in [-0.39, 0.29) is 18.2 Å². The molecule has 1 atom stereocenters. The largest absolute Gasteiger partial charge is 0.465 e. The van der Waals surface area contributed by atoms with Crippen LogP contribution < -0.4 is 10.6 Å². The van der Waals surface area contributed by atoms with Crippen molar-refractivity contribution >= 4 is 34.8 Å². The van der Waals surface area contributed by atoms with Crippen molar-refractivity contribution in [3.8, 4) is 0 Å². The lowest BCUT2D eigenvalue weighted by atomic mass is 10.0. The number of amides is 2. The molecule has 2 N–H and O–H groups in total. The van der Waals surface area contributed by atoms with Crippen LogP contribution in [0.15, 0.2) is 35.7 Å². The van der Waals surface area contributed by atoms with Gasteiger partial charge in [0.2, 0.25) is 11.8 Å². The molecule has 25 heavy (non-hydrogen) atoms. The van der Waals surface area contributed by atoms with Crippen molar-refractivity contribution < 1.29 is 19.1 Å². The Morgan fingerprint density at radius 3 is 2.44 bits per heavy atom. The molecule has 0 bridgehead atoms. The summed E-state index contributed by atoms with van der Waals surface area (Å²) in [5.41, 5.74) is 2.34. The first-order valence-electron chi connectivity index (χ1n) is 7.70. The maximum Gasteiger partial charge on any atom is 0.350 e. The molecule has 2 rings (SSSR count). The van der Waals surface area contributed by atoms with Gasteiger partial charge in [0.1, 0.15) is 4.88 Å². The van der Waals surface area contributed by atoms with Gasteiger partial charge in [0, 0.05) is 6.92 Å². The van der Waals surface area contributed by atoms with Crippen LogP contribution in [-0.4, -0.2) is 24.9 Å². The minimum atomic E-state index is -0.498. The number of rotatable bonds is 6. The van der Waals surface area contributed by atoms with Crippen molar-refractivity contribution in [2.45, 2.75) is 26.3 Å². The van der Waals surface area contributed by atoms with E-state index in [1.165, 1.54) is 25.4 Å². The van der Waals surface area contributed by atoms with Gasteiger partial charge in [-0.3, -0.25) is 9.59 Å². The number of anilines is 1. The van der Waals surface area contributed by atoms with Crippen LogP contribution in [0.5, 0.6) is 0 Å². The predicted octanol–water partition coefficient (Wildman–Crippen LogP) is 3.05. The molecule has 0 saturated carbocycles. The number of thiophene rings is 1. The predicted molar refractivity (Wildman–Crippen MR) is 96.6 cm³/mol. The molecule has 0 spiro atoms. The fourth-order valence-corrected chi connectivity index (χ4v) is 3.11. The van der Waals surface area contributed by atoms with Crippen molar-refractivity contribution in [1.82, 2.24) is 5.32 Å². The summed E-state index contributed by atoms with van der Waals surface area (Å²) in [7, 11) is 1.29. The Bertz CT molecular complexity index is 768. The Morgan fingerprint density at radius 2 is 1.84 bits per heavy atom. The van der Waals surface area contributed by atoms with Crippen molar-refractivity contribution in [3.63, 3.8) is 0 Å². The van der Waals surface area contributed by atoms with Crippen molar-refractivity contribution in [2.24, 2.45) is 0 Å². The average molecular weight is 360 g/mol. The second-order valence-electron chi connectivity index (χ2n) is 5.57. The van der Waals surface area contributed by atoms with Gasteiger partial charge in [-0.2, -0.15) is 0 Å². The first-order valence-corrected chi connectivity index (χ1v) is 8.58. The number of benzene rings is 1. The van der Waals surface area contributed by atoms with Gasteiger partial charge >= 0.3 is 5.97 Å². The summed E-state index contributed by atoms with van der Waals surface area (Å²) in [5.74, 6) is -1.02. The third-order valence-electron chi connectivity index (χ3n) is 3.56. The van der Waals surface area contributed by atoms with Crippen molar-refractivity contribution in [2.75, 3.05) is 12.4 Å². The van der Waals surface area contributed by atoms with Gasteiger partial charge < -0.3 is 15.4 Å². The summed E-state index contributed by atoms with van der Waals surface area (Å²) in [6.07, 6.45) is 0.0547. The van der Waals surface area contributed by atoms with E-state index in [1.54, 1.807) is 11.4 Å². The van der Waals surface area contributed by atoms with Gasteiger partial charge in [0.05, 0.1) is 25.3 Å². The van der Waals surface area contributed by atoms with Crippen molar-refractivity contribution in [1.29, 1.82) is 0 Å². The van der Waals surface area contributed by atoms with E-state index in [2.05, 4.69) is 10.6 Å². The second-order valence-corrected chi connectivity index (χ2v) is 6.49. The van der Waals surface area contributed by atoms with E-state index in [1.807, 2.05) is 31.2 Å². The van der Waals surface area contributed by atoms with Crippen LogP contribution in [-0.2, 0) is 14.3 Å². The fraction of sp³-hybridized carbons (Fsp3) is 0.278. The van der Waals surface area contributed by atoms with Gasteiger partial charge in [-0.15, -0.1) is 11.3 Å². The minimum Gasteiger partial charge on any atom is -0.465 e. The standard InChI is InChI=1S/C18H20N2O4S/c1-11-4-6-13(7-5-11)15(19-12(2)21)10-16(22)20-14-8-9-25-17(14)18(23)24-3/h4-9,15H,10H2,1-3H3,(H,19,21)(H,20,22)/t15-/m0/s1. The Kier molecular flexibility index (Phi) is 6.30. The van der Waals surface area contributed by atoms with Crippen LogP contribution >= 0.6 is 11.3 Å². The van der Waals surface area contributed by atoms with Gasteiger partial charge in [0.25, 0.3) is 0 Å². The molecule has 0 saturated heterocycles. The van der Waals surface area contributed by atoms with E-state index in [9.17, 15) is 14.4 Å². The number of hydrogen-bond acceptors (Lipinski definition) is 5. The van der Waals surface area contributed by atoms with Crippen LogP contribution in [0, 0.1) is 6.92 Å². The molecule has 2 amide bonds. The molecule has 0 fully saturated rings. The Morgan fingerprint density at radius 1 is 1.16 bits per heavy atom. The topological polar surface area (TPSA) is 84.5 Å². The summed E-state index contributed by atoms with van der Waals surface area (Å²) in [6, 6.07) is 8.82. The number of esters is 1. The molecular formula is C18H20N2O4S. The summed E-state index contributed by atoms with van der Waals surface area (Å²) >= 11 is 1.19. The number of aryl methyl sites for hydroxylation is 1. The lowest BCUT2D eigenvalue weighted by Crippen LogP contribution is -2.29. The third-order valence-corrected chi connectivity index (χ3v) is 4.45. The highest BCUT2D eigenvalue weighted by Crippen LogP contribution is 2.24. The molecule has 7 heteroatoms. The summed E-state index contributed by atoms with van der Waals surface area (Å²) < 4.78 is 4.69. The van der Waals surface area contributed by atoms with Crippen LogP contribution in [0.3, 0.4) is 0 Å². The van der Waals surface area contributed by atoms with Gasteiger partial charge in [-0.05, 0) is 23.9 Å². The van der Waals surface area contributed by atoms with Gasteiger partial charge in [0.15, 0.2) is 0 Å². The zero-order valence-electron chi connectivity index (χ0n) is 14.3. The molecule has 1 heterocycles. The van der Waals surface area contributed by atoms with Crippen LogP contribution in [0.25, 0.3) is 0 Å². The first kappa shape index (κ1) is 18.7. The number of carbonyl (C=O) groups excluding carboxylic acids is 3. The monoisotopic (exact) mass is 360 g/mol. The molecule has 2 aromatic rings. The normalized spacial score (nSPS) is 11.5. The zero-order chi connectivity index (χ0) is 18.4. The Labute approximate surface area is 150 Å². The molecule has 0 aliphatic carbocycles. The quantitative estimate of drug-likeness (QED) is 0.776. The Balaban J connectivity index is 2.12. The smallest absolute Gasteiger partial charge is 0.350 e. The Hall–Kier alpha value is -2.67. The highest BCUT2D eigenvalue weighted by molar-refractivity contribution is 7.12. The minimum absolute atomic E-state index is 0.0547. The number of methoxy groups -OCH3 is 1. The molecule has 0 unspecified atom stereocenters. The number of carbonyl (C=O) groups is 3. The molecular weight excluding hydrogens is 340 g/mol. The summed E-state index contributed by atoms with van der Waals surface area (Å²) in [6.45, 7) is 3.38. The number of nitrogens with one attached hydrogen (secondary N) is 2. The third kappa shape index (κ3) is 5.15. The van der Waals surface area contributed by atoms with Crippen LogP contribution in [0.2, 0.25) is 0 Å². The average Bonchev–Trinajstić information content (AvgIpc) is 3.01. The molecule has 1 aromatic carbocycles. The molecule has 6 nitrogen and oxygen atoms in total. The lowest BCUT2D eigenvalue weighted by Gasteiger charge is -2.18. The number of hydrogen-bond donors (Lipinski definition) is 2. The van der Waals surface area contributed by atoms with Gasteiger partial charge in [-0.25, -0.2) is 4.79 Å². The maximum atomic E-state index is 12.4. The molecule has 1 aromatic heterocycles. The van der Waals surface area contributed by atoms with E-state index < -0.39 is 12.0 Å². The highest BCUT2D eigenvalue weighted by atomic mass is 32.1. The number of ether oxygens (including phenoxy) is 1. The van der Waals surface area contributed by atoms with Crippen LogP contribution in [0.1, 0.15) is 40.2 Å². The summed E-state index contributed by atoms with van der Waals surface area (Å²) in [5, 5.41) is 7.20. The molecule has 132 valence electrons. The zero-order valence-corrected chi connectivity index (χ0v) is 15.1. The van der Waals surface area contributed by atoms with E-state index in [4.69, 9.17) is 4.74 Å². The second kappa shape index (κ2) is 8.43. The summed E-state index contributed by atoms with van der Waals surface area (Å²) in [4.78, 5) is 35.9. The SMILES string of the molecule is COC(=O)c1sccc1NC(=O)C[C@H](NC(C)=O)c1ccc(C)cc1. The van der Waals surface area contributed by atoms with Gasteiger partial charge in [-0.1, -0.05) is 29.8 Å². The van der Waals surface area contributed by atoms with E-state index in [0.29, 0.717) is 10.6 Å².